The largest absolute Gasteiger partial charge is 0.308 e. The molecule has 0 unspecified atom stereocenters. The number of benzene rings is 2. The lowest BCUT2D eigenvalue weighted by molar-refractivity contribution is -0.118. The molecule has 1 aliphatic heterocycles. The minimum absolute atomic E-state index is 0.00541. The number of aromatic nitrogens is 2. The average Bonchev–Trinajstić information content (AvgIpc) is 3.08. The highest BCUT2D eigenvalue weighted by atomic mass is 32.2. The van der Waals surface area contributed by atoms with Crippen molar-refractivity contribution in [1.29, 1.82) is 0 Å². The predicted molar refractivity (Wildman–Crippen MR) is 123 cm³/mol. The quantitative estimate of drug-likeness (QED) is 0.438. The van der Waals surface area contributed by atoms with Crippen LogP contribution in [0.2, 0.25) is 0 Å². The number of carbonyl (C=O) groups is 1. The molecule has 2 heterocycles. The molecule has 1 aliphatic rings. The fourth-order valence-electron chi connectivity index (χ4n) is 4.09. The molecular weight excluding hydrogens is 394 g/mol. The van der Waals surface area contributed by atoms with E-state index in [0.29, 0.717) is 16.1 Å². The van der Waals surface area contributed by atoms with Gasteiger partial charge in [0.1, 0.15) is 0 Å². The highest BCUT2D eigenvalue weighted by Crippen LogP contribution is 2.35. The SMILES string of the molecule is CC[C@H](C)n1c(S[C@@H](C)C(=O)N2c3ccccc3C[C@@H]2C)nc2ccccc2c1=O. The van der Waals surface area contributed by atoms with E-state index in [1.807, 2.05) is 61.2 Å². The van der Waals surface area contributed by atoms with Crippen molar-refractivity contribution in [2.24, 2.45) is 0 Å². The molecule has 4 rings (SSSR count). The van der Waals surface area contributed by atoms with Gasteiger partial charge in [-0.25, -0.2) is 4.98 Å². The molecule has 0 fully saturated rings. The second kappa shape index (κ2) is 8.26. The van der Waals surface area contributed by atoms with Crippen molar-refractivity contribution in [1.82, 2.24) is 9.55 Å². The van der Waals surface area contributed by atoms with Crippen LogP contribution in [0.25, 0.3) is 10.9 Å². The Morgan fingerprint density at radius 2 is 1.87 bits per heavy atom. The summed E-state index contributed by atoms with van der Waals surface area (Å²) in [5, 5.41) is 0.860. The van der Waals surface area contributed by atoms with Gasteiger partial charge >= 0.3 is 0 Å². The molecule has 2 aromatic carbocycles. The molecule has 1 amide bonds. The minimum atomic E-state index is -0.359. The van der Waals surface area contributed by atoms with Gasteiger partial charge in [0.2, 0.25) is 5.91 Å². The minimum Gasteiger partial charge on any atom is -0.308 e. The number of fused-ring (bicyclic) bond motifs is 2. The lowest BCUT2D eigenvalue weighted by Crippen LogP contribution is -2.40. The fraction of sp³-hybridized carbons (Fsp3) is 0.375. The first-order valence-electron chi connectivity index (χ1n) is 10.5. The van der Waals surface area contributed by atoms with Crippen LogP contribution in [0.15, 0.2) is 58.5 Å². The zero-order chi connectivity index (χ0) is 21.4. The Balaban J connectivity index is 1.70. The van der Waals surface area contributed by atoms with E-state index in [1.165, 1.54) is 17.3 Å². The first-order valence-corrected chi connectivity index (χ1v) is 11.4. The normalized spacial score (nSPS) is 17.7. The third kappa shape index (κ3) is 3.54. The van der Waals surface area contributed by atoms with Crippen LogP contribution in [0.4, 0.5) is 5.69 Å². The van der Waals surface area contributed by atoms with E-state index in [0.717, 1.165) is 18.5 Å². The molecule has 0 spiro atoms. The number of hydrogen-bond acceptors (Lipinski definition) is 4. The summed E-state index contributed by atoms with van der Waals surface area (Å²) in [7, 11) is 0. The van der Waals surface area contributed by atoms with Gasteiger partial charge in [0.05, 0.1) is 16.2 Å². The summed E-state index contributed by atoms with van der Waals surface area (Å²) in [5.74, 6) is 0.0514. The fourth-order valence-corrected chi connectivity index (χ4v) is 5.14. The molecular formula is C24H27N3O2S. The summed E-state index contributed by atoms with van der Waals surface area (Å²) in [6.07, 6.45) is 1.68. The predicted octanol–water partition coefficient (Wildman–Crippen LogP) is 4.83. The Morgan fingerprint density at radius 3 is 2.63 bits per heavy atom. The van der Waals surface area contributed by atoms with Crippen LogP contribution in [0.5, 0.6) is 0 Å². The Morgan fingerprint density at radius 1 is 1.17 bits per heavy atom. The average molecular weight is 422 g/mol. The topological polar surface area (TPSA) is 55.2 Å². The molecule has 5 nitrogen and oxygen atoms in total. The zero-order valence-electron chi connectivity index (χ0n) is 17.8. The first kappa shape index (κ1) is 20.7. The molecule has 6 heteroatoms. The third-order valence-electron chi connectivity index (χ3n) is 5.88. The van der Waals surface area contributed by atoms with Crippen LogP contribution in [0.1, 0.15) is 45.7 Å². The number of hydrogen-bond donors (Lipinski definition) is 0. The van der Waals surface area contributed by atoms with Gasteiger partial charge in [0.25, 0.3) is 5.56 Å². The molecule has 0 aliphatic carbocycles. The maximum absolute atomic E-state index is 13.4. The number of nitrogens with zero attached hydrogens (tertiary/aromatic N) is 3. The van der Waals surface area contributed by atoms with Gasteiger partial charge in [0.15, 0.2) is 5.16 Å². The van der Waals surface area contributed by atoms with Crippen molar-refractivity contribution < 1.29 is 4.79 Å². The Labute approximate surface area is 181 Å². The lowest BCUT2D eigenvalue weighted by Gasteiger charge is -2.26. The van der Waals surface area contributed by atoms with Crippen molar-refractivity contribution in [3.63, 3.8) is 0 Å². The standard InChI is InChI=1S/C24H27N3O2S/c1-5-15(2)27-23(29)19-11-7-8-12-20(19)25-24(27)30-17(4)22(28)26-16(3)14-18-10-6-9-13-21(18)26/h6-13,15-17H,5,14H2,1-4H3/t15-,16-,17-/m0/s1. The molecule has 0 N–H and O–H groups in total. The van der Waals surface area contributed by atoms with Gasteiger partial charge < -0.3 is 4.90 Å². The van der Waals surface area contributed by atoms with E-state index < -0.39 is 0 Å². The molecule has 0 radical (unpaired) electrons. The van der Waals surface area contributed by atoms with Gasteiger partial charge in [0, 0.05) is 17.8 Å². The summed E-state index contributed by atoms with van der Waals surface area (Å²) in [6, 6.07) is 15.6. The van der Waals surface area contributed by atoms with E-state index >= 15 is 0 Å². The van der Waals surface area contributed by atoms with Crippen LogP contribution >= 0.6 is 11.8 Å². The summed E-state index contributed by atoms with van der Waals surface area (Å²) < 4.78 is 1.75. The summed E-state index contributed by atoms with van der Waals surface area (Å²) in [6.45, 7) is 8.06. The number of thioether (sulfide) groups is 1. The van der Waals surface area contributed by atoms with Crippen LogP contribution in [-0.4, -0.2) is 26.8 Å². The van der Waals surface area contributed by atoms with Crippen LogP contribution in [0.3, 0.4) is 0 Å². The highest BCUT2D eigenvalue weighted by Gasteiger charge is 2.34. The van der Waals surface area contributed by atoms with Crippen LogP contribution in [-0.2, 0) is 11.2 Å². The van der Waals surface area contributed by atoms with Gasteiger partial charge in [-0.05, 0) is 57.4 Å². The highest BCUT2D eigenvalue weighted by molar-refractivity contribution is 8.00. The summed E-state index contributed by atoms with van der Waals surface area (Å²) in [5.41, 5.74) is 2.82. The van der Waals surface area contributed by atoms with Crippen molar-refractivity contribution in [3.05, 3.63) is 64.4 Å². The Bertz CT molecular complexity index is 1160. The molecule has 156 valence electrons. The molecule has 0 saturated carbocycles. The Kier molecular flexibility index (Phi) is 5.69. The second-order valence-electron chi connectivity index (χ2n) is 7.99. The molecule has 3 atom stereocenters. The summed E-state index contributed by atoms with van der Waals surface area (Å²) >= 11 is 1.38. The van der Waals surface area contributed by atoms with E-state index in [2.05, 4.69) is 19.9 Å². The smallest absolute Gasteiger partial charge is 0.262 e. The summed E-state index contributed by atoms with van der Waals surface area (Å²) in [4.78, 5) is 33.3. The third-order valence-corrected chi connectivity index (χ3v) is 6.94. The second-order valence-corrected chi connectivity index (χ2v) is 9.30. The first-order chi connectivity index (χ1) is 14.4. The van der Waals surface area contributed by atoms with Crippen molar-refractivity contribution in [3.8, 4) is 0 Å². The van der Waals surface area contributed by atoms with E-state index in [9.17, 15) is 9.59 Å². The molecule has 30 heavy (non-hydrogen) atoms. The van der Waals surface area contributed by atoms with E-state index in [-0.39, 0.29) is 28.8 Å². The van der Waals surface area contributed by atoms with Crippen molar-refractivity contribution in [2.45, 2.75) is 63.0 Å². The monoisotopic (exact) mass is 421 g/mol. The number of rotatable bonds is 5. The maximum Gasteiger partial charge on any atom is 0.262 e. The molecule has 1 aromatic heterocycles. The van der Waals surface area contributed by atoms with E-state index in [4.69, 9.17) is 4.98 Å². The van der Waals surface area contributed by atoms with Crippen molar-refractivity contribution >= 4 is 34.3 Å². The van der Waals surface area contributed by atoms with Gasteiger partial charge in [-0.15, -0.1) is 0 Å². The van der Waals surface area contributed by atoms with Gasteiger partial charge in [-0.2, -0.15) is 0 Å². The van der Waals surface area contributed by atoms with Crippen LogP contribution in [0, 0.1) is 0 Å². The zero-order valence-corrected chi connectivity index (χ0v) is 18.6. The molecule has 0 bridgehead atoms. The number of amides is 1. The number of anilines is 1. The van der Waals surface area contributed by atoms with Gasteiger partial charge in [-0.1, -0.05) is 49.0 Å². The van der Waals surface area contributed by atoms with Crippen LogP contribution < -0.4 is 10.5 Å². The number of para-hydroxylation sites is 2. The Hall–Kier alpha value is -2.60. The molecule has 0 saturated heterocycles. The molecule has 3 aromatic rings. The van der Waals surface area contributed by atoms with E-state index in [1.54, 1.807) is 4.57 Å². The van der Waals surface area contributed by atoms with Crippen molar-refractivity contribution in [2.75, 3.05) is 4.90 Å². The maximum atomic E-state index is 13.4. The van der Waals surface area contributed by atoms with Gasteiger partial charge in [-0.3, -0.25) is 14.2 Å². The lowest BCUT2D eigenvalue weighted by atomic mass is 10.1. The number of carbonyl (C=O) groups excluding carboxylic acids is 1.